The third-order valence-electron chi connectivity index (χ3n) is 7.00. The lowest BCUT2D eigenvalue weighted by Crippen LogP contribution is -2.23. The van der Waals surface area contributed by atoms with Gasteiger partial charge in [0.05, 0.1) is 17.2 Å². The lowest BCUT2D eigenvalue weighted by molar-refractivity contribution is 0.00460. The first-order valence-corrected chi connectivity index (χ1v) is 11.9. The van der Waals surface area contributed by atoms with Crippen molar-refractivity contribution in [3.05, 3.63) is 87.4 Å². The molecule has 0 N–H and O–H groups in total. The Labute approximate surface area is 200 Å². The normalized spacial score (nSPS) is 19.7. The van der Waals surface area contributed by atoms with E-state index in [0.717, 1.165) is 30.2 Å². The molecule has 5 heterocycles. The van der Waals surface area contributed by atoms with Gasteiger partial charge in [-0.05, 0) is 62.1 Å². The van der Waals surface area contributed by atoms with Crippen LogP contribution in [0.1, 0.15) is 54.1 Å². The molecular weight excluding hydrogens is 450 g/mol. The lowest BCUT2D eigenvalue weighted by Gasteiger charge is -2.30. The number of fused-ring (bicyclic) bond motifs is 2. The number of nitrogens with zero attached hydrogens (tertiary/aromatic N) is 4. The maximum absolute atomic E-state index is 14.9. The maximum Gasteiger partial charge on any atom is 0.261 e. The van der Waals surface area contributed by atoms with Crippen molar-refractivity contribution in [2.75, 3.05) is 6.61 Å². The number of benzene rings is 1. The number of hydrogen-bond donors (Lipinski definition) is 0. The van der Waals surface area contributed by atoms with E-state index in [1.807, 2.05) is 25.1 Å². The van der Waals surface area contributed by atoms with Crippen LogP contribution in [0.3, 0.4) is 0 Å². The Balaban J connectivity index is 1.51. The third kappa shape index (κ3) is 3.91. The van der Waals surface area contributed by atoms with Gasteiger partial charge in [-0.3, -0.25) is 19.3 Å². The average molecular weight is 475 g/mol. The number of aryl methyl sites for hydroxylation is 2. The summed E-state index contributed by atoms with van der Waals surface area (Å²) in [6.07, 6.45) is 4.57. The molecule has 0 radical (unpaired) electrons. The van der Waals surface area contributed by atoms with Crippen LogP contribution in [0, 0.1) is 18.6 Å². The molecule has 6 rings (SSSR count). The Hall–Kier alpha value is -3.52. The van der Waals surface area contributed by atoms with Crippen LogP contribution >= 0.6 is 0 Å². The van der Waals surface area contributed by atoms with Crippen LogP contribution in [0.2, 0.25) is 0 Å². The fraction of sp³-hybridized carbons (Fsp3) is 0.333. The van der Waals surface area contributed by atoms with Crippen molar-refractivity contribution >= 4 is 10.9 Å². The SMILES string of the molecule is Cc1cc(C2CC(c3cc4c(=O)n5c(nc4c(-c4ccc(F)cc4F)n3)CCC5)CCO2)ccn1. The Bertz CT molecular complexity index is 1520. The van der Waals surface area contributed by atoms with Gasteiger partial charge in [-0.25, -0.2) is 13.8 Å². The summed E-state index contributed by atoms with van der Waals surface area (Å²) < 4.78 is 36.3. The van der Waals surface area contributed by atoms with E-state index in [4.69, 9.17) is 14.7 Å². The van der Waals surface area contributed by atoms with Crippen molar-refractivity contribution in [2.24, 2.45) is 0 Å². The van der Waals surface area contributed by atoms with Crippen molar-refractivity contribution in [3.8, 4) is 11.3 Å². The van der Waals surface area contributed by atoms with Crippen LogP contribution in [-0.4, -0.2) is 26.1 Å². The summed E-state index contributed by atoms with van der Waals surface area (Å²) in [6.45, 7) is 3.10. The number of aromatic nitrogens is 4. The van der Waals surface area contributed by atoms with E-state index >= 15 is 0 Å². The van der Waals surface area contributed by atoms with E-state index < -0.39 is 11.6 Å². The lowest BCUT2D eigenvalue weighted by atomic mass is 9.88. The van der Waals surface area contributed by atoms with Crippen LogP contribution < -0.4 is 5.56 Å². The van der Waals surface area contributed by atoms with Crippen LogP contribution in [0.5, 0.6) is 0 Å². The van der Waals surface area contributed by atoms with Gasteiger partial charge in [-0.15, -0.1) is 0 Å². The van der Waals surface area contributed by atoms with Gasteiger partial charge in [0.25, 0.3) is 5.56 Å². The second-order valence-corrected chi connectivity index (χ2v) is 9.32. The van der Waals surface area contributed by atoms with Crippen molar-refractivity contribution in [2.45, 2.75) is 51.2 Å². The monoisotopic (exact) mass is 474 g/mol. The van der Waals surface area contributed by atoms with E-state index in [2.05, 4.69) is 4.98 Å². The molecule has 2 aliphatic heterocycles. The fourth-order valence-corrected chi connectivity index (χ4v) is 5.25. The standard InChI is InChI=1S/C27H24F2N4O2/c1-15-11-17(6-8-30-15)23-12-16(7-10-35-23)22-14-20-26(32-24-3-2-9-33(24)27(20)34)25(31-22)19-5-4-18(28)13-21(19)29/h4-6,8,11,13-14,16,23H,2-3,7,9-10,12H2,1H3. The van der Waals surface area contributed by atoms with Crippen molar-refractivity contribution in [1.29, 1.82) is 0 Å². The molecule has 1 saturated heterocycles. The maximum atomic E-state index is 14.9. The largest absolute Gasteiger partial charge is 0.373 e. The van der Waals surface area contributed by atoms with Crippen LogP contribution in [0.4, 0.5) is 8.78 Å². The van der Waals surface area contributed by atoms with Gasteiger partial charge in [0.1, 0.15) is 23.0 Å². The summed E-state index contributed by atoms with van der Waals surface area (Å²) in [5.74, 6) is -0.706. The average Bonchev–Trinajstić information content (AvgIpc) is 3.33. The molecule has 35 heavy (non-hydrogen) atoms. The molecule has 2 aliphatic rings. The second kappa shape index (κ2) is 8.61. The minimum Gasteiger partial charge on any atom is -0.373 e. The molecule has 3 aromatic heterocycles. The predicted octanol–water partition coefficient (Wildman–Crippen LogP) is 5.02. The molecule has 2 unspecified atom stereocenters. The zero-order valence-corrected chi connectivity index (χ0v) is 19.3. The number of ether oxygens (including phenoxy) is 1. The molecule has 0 aliphatic carbocycles. The molecule has 2 atom stereocenters. The molecule has 8 heteroatoms. The fourth-order valence-electron chi connectivity index (χ4n) is 5.25. The van der Waals surface area contributed by atoms with E-state index in [-0.39, 0.29) is 28.8 Å². The first-order chi connectivity index (χ1) is 17.0. The summed E-state index contributed by atoms with van der Waals surface area (Å²) >= 11 is 0. The molecule has 178 valence electrons. The Morgan fingerprint density at radius 1 is 1.11 bits per heavy atom. The predicted molar refractivity (Wildman–Crippen MR) is 127 cm³/mol. The molecule has 0 spiro atoms. The van der Waals surface area contributed by atoms with Crippen LogP contribution in [-0.2, 0) is 17.7 Å². The Morgan fingerprint density at radius 3 is 2.83 bits per heavy atom. The first-order valence-electron chi connectivity index (χ1n) is 11.9. The highest BCUT2D eigenvalue weighted by molar-refractivity contribution is 5.91. The summed E-state index contributed by atoms with van der Waals surface area (Å²) in [6, 6.07) is 9.19. The van der Waals surface area contributed by atoms with E-state index in [0.29, 0.717) is 48.4 Å². The Morgan fingerprint density at radius 2 is 2.00 bits per heavy atom. The molecule has 1 aromatic carbocycles. The topological polar surface area (TPSA) is 69.9 Å². The van der Waals surface area contributed by atoms with Gasteiger partial charge in [0.15, 0.2) is 0 Å². The van der Waals surface area contributed by atoms with Crippen molar-refractivity contribution in [3.63, 3.8) is 0 Å². The van der Waals surface area contributed by atoms with E-state index in [1.54, 1.807) is 10.8 Å². The molecular formula is C27H24F2N4O2. The number of rotatable bonds is 3. The first kappa shape index (κ1) is 22.0. The van der Waals surface area contributed by atoms with E-state index in [9.17, 15) is 13.6 Å². The zero-order valence-electron chi connectivity index (χ0n) is 19.3. The molecule has 0 saturated carbocycles. The second-order valence-electron chi connectivity index (χ2n) is 9.32. The van der Waals surface area contributed by atoms with Crippen LogP contribution in [0.15, 0.2) is 47.4 Å². The summed E-state index contributed by atoms with van der Waals surface area (Å²) in [7, 11) is 0. The van der Waals surface area contributed by atoms with Gasteiger partial charge in [0.2, 0.25) is 0 Å². The number of halogens is 2. The van der Waals surface area contributed by atoms with Crippen LogP contribution in [0.25, 0.3) is 22.2 Å². The van der Waals surface area contributed by atoms with Crippen molar-refractivity contribution in [1.82, 2.24) is 19.5 Å². The zero-order chi connectivity index (χ0) is 24.1. The number of hydrogen-bond acceptors (Lipinski definition) is 5. The van der Waals surface area contributed by atoms with Gasteiger partial charge < -0.3 is 4.74 Å². The van der Waals surface area contributed by atoms with Gasteiger partial charge in [0, 0.05) is 54.7 Å². The highest BCUT2D eigenvalue weighted by atomic mass is 19.1. The molecule has 0 amide bonds. The summed E-state index contributed by atoms with van der Waals surface area (Å²) in [5, 5.41) is 0.419. The van der Waals surface area contributed by atoms with Gasteiger partial charge in [-0.2, -0.15) is 0 Å². The molecule has 4 aromatic rings. The molecule has 1 fully saturated rings. The number of pyridine rings is 2. The third-order valence-corrected chi connectivity index (χ3v) is 7.00. The Kier molecular flexibility index (Phi) is 5.40. The highest BCUT2D eigenvalue weighted by Gasteiger charge is 2.29. The van der Waals surface area contributed by atoms with Gasteiger partial charge in [-0.1, -0.05) is 0 Å². The minimum atomic E-state index is -0.726. The summed E-state index contributed by atoms with van der Waals surface area (Å²) in [4.78, 5) is 27.3. The van der Waals surface area contributed by atoms with E-state index in [1.165, 1.54) is 12.1 Å². The molecule has 6 nitrogen and oxygen atoms in total. The molecule has 0 bridgehead atoms. The van der Waals surface area contributed by atoms with Gasteiger partial charge >= 0.3 is 0 Å². The minimum absolute atomic E-state index is 0.00605. The smallest absolute Gasteiger partial charge is 0.261 e. The van der Waals surface area contributed by atoms with Crippen molar-refractivity contribution < 1.29 is 13.5 Å². The summed E-state index contributed by atoms with van der Waals surface area (Å²) in [5.41, 5.74) is 3.32. The quantitative estimate of drug-likeness (QED) is 0.417. The highest BCUT2D eigenvalue weighted by Crippen LogP contribution is 2.39.